The van der Waals surface area contributed by atoms with E-state index in [1.807, 2.05) is 18.2 Å². The quantitative estimate of drug-likeness (QED) is 0.652. The van der Waals surface area contributed by atoms with Crippen molar-refractivity contribution < 1.29 is 17.6 Å². The molecule has 5 rings (SSSR count). The Morgan fingerprint density at radius 2 is 1.65 bits per heavy atom. The molecule has 1 saturated heterocycles. The molecule has 2 fully saturated rings. The number of sulfonamides is 1. The Hall–Kier alpha value is -2.25. The highest BCUT2D eigenvalue weighted by Gasteiger charge is 2.54. The van der Waals surface area contributed by atoms with E-state index < -0.39 is 27.6 Å². The summed E-state index contributed by atoms with van der Waals surface area (Å²) in [5.74, 6) is -0.487. The van der Waals surface area contributed by atoms with Crippen molar-refractivity contribution in [2.24, 2.45) is 0 Å². The maximum absolute atomic E-state index is 15.9. The van der Waals surface area contributed by atoms with Crippen LogP contribution in [0.2, 0.25) is 0 Å². The summed E-state index contributed by atoms with van der Waals surface area (Å²) in [6.45, 7) is 0.990. The number of carbonyl (C=O) groups excluding carboxylic acids is 1. The summed E-state index contributed by atoms with van der Waals surface area (Å²) in [7, 11) is -3.67. The van der Waals surface area contributed by atoms with E-state index in [1.165, 1.54) is 21.3 Å². The molecule has 31 heavy (non-hydrogen) atoms. The van der Waals surface area contributed by atoms with Crippen LogP contribution < -0.4 is 4.90 Å². The number of amides is 1. The maximum atomic E-state index is 15.9. The van der Waals surface area contributed by atoms with Crippen molar-refractivity contribution >= 4 is 21.6 Å². The smallest absolute Gasteiger partial charge is 0.260 e. The van der Waals surface area contributed by atoms with Crippen LogP contribution in [-0.2, 0) is 15.4 Å². The second-order valence-electron chi connectivity index (χ2n) is 8.88. The fourth-order valence-corrected chi connectivity index (χ4v) is 7.07. The Balaban J connectivity index is 1.51. The van der Waals surface area contributed by atoms with E-state index in [9.17, 15) is 13.2 Å². The minimum absolute atomic E-state index is 0.0960. The number of carbonyl (C=O) groups is 1. The number of piperidine rings is 1. The molecule has 1 saturated carbocycles. The first-order chi connectivity index (χ1) is 14.9. The van der Waals surface area contributed by atoms with Crippen molar-refractivity contribution in [2.45, 2.75) is 61.6 Å². The van der Waals surface area contributed by atoms with Gasteiger partial charge in [0.2, 0.25) is 10.0 Å². The number of fused-ring (bicyclic) bond motifs is 2. The van der Waals surface area contributed by atoms with Crippen molar-refractivity contribution in [1.29, 1.82) is 0 Å². The summed E-state index contributed by atoms with van der Waals surface area (Å²) in [5, 5.41) is 0. The summed E-state index contributed by atoms with van der Waals surface area (Å²) in [6.07, 6.45) is 4.60. The van der Waals surface area contributed by atoms with Crippen LogP contribution in [-0.4, -0.2) is 38.0 Å². The fraction of sp³-hybridized carbons (Fsp3) is 0.458. The van der Waals surface area contributed by atoms with E-state index in [-0.39, 0.29) is 10.5 Å². The molecule has 0 aromatic heterocycles. The molecule has 164 valence electrons. The molecule has 1 aliphatic carbocycles. The van der Waals surface area contributed by atoms with Gasteiger partial charge in [0, 0.05) is 24.1 Å². The zero-order valence-corrected chi connectivity index (χ0v) is 18.3. The zero-order valence-electron chi connectivity index (χ0n) is 17.5. The third-order valence-electron chi connectivity index (χ3n) is 7.13. The summed E-state index contributed by atoms with van der Waals surface area (Å²) in [6, 6.07) is 13.5. The van der Waals surface area contributed by atoms with E-state index >= 15 is 4.39 Å². The number of hydrogen-bond acceptors (Lipinski definition) is 3. The van der Waals surface area contributed by atoms with Gasteiger partial charge < -0.3 is 0 Å². The van der Waals surface area contributed by atoms with Crippen molar-refractivity contribution in [3.05, 3.63) is 59.7 Å². The summed E-state index contributed by atoms with van der Waals surface area (Å²) < 4.78 is 43.5. The fourth-order valence-electron chi connectivity index (χ4n) is 5.51. The van der Waals surface area contributed by atoms with Crippen molar-refractivity contribution in [3.8, 4) is 0 Å². The minimum atomic E-state index is -3.67. The van der Waals surface area contributed by atoms with E-state index in [2.05, 4.69) is 0 Å². The number of alkyl halides is 1. The Kier molecular flexibility index (Phi) is 5.13. The first-order valence-corrected chi connectivity index (χ1v) is 12.6. The molecular weight excluding hydrogens is 415 g/mol. The average molecular weight is 443 g/mol. The van der Waals surface area contributed by atoms with Crippen LogP contribution in [0.25, 0.3) is 0 Å². The molecule has 1 atom stereocenters. The molecular formula is C24H27FN2O3S. The van der Waals surface area contributed by atoms with Gasteiger partial charge in [-0.1, -0.05) is 43.5 Å². The lowest BCUT2D eigenvalue weighted by molar-refractivity contribution is 0.0920. The lowest BCUT2D eigenvalue weighted by Gasteiger charge is -2.29. The Bertz CT molecular complexity index is 1110. The van der Waals surface area contributed by atoms with E-state index in [1.54, 1.807) is 18.2 Å². The third kappa shape index (κ3) is 3.21. The van der Waals surface area contributed by atoms with Gasteiger partial charge in [-0.2, -0.15) is 4.31 Å². The number of benzene rings is 2. The van der Waals surface area contributed by atoms with E-state index in [0.29, 0.717) is 18.8 Å². The first-order valence-electron chi connectivity index (χ1n) is 11.1. The molecule has 0 radical (unpaired) electrons. The summed E-state index contributed by atoms with van der Waals surface area (Å²) in [5.41, 5.74) is 1.05. The van der Waals surface area contributed by atoms with Crippen LogP contribution in [0, 0.1) is 0 Å². The van der Waals surface area contributed by atoms with Crippen molar-refractivity contribution in [2.75, 3.05) is 18.0 Å². The van der Waals surface area contributed by atoms with Gasteiger partial charge in [0.1, 0.15) is 0 Å². The molecule has 1 unspecified atom stereocenters. The topological polar surface area (TPSA) is 57.7 Å². The highest BCUT2D eigenvalue weighted by atomic mass is 32.2. The molecule has 2 aliphatic heterocycles. The number of hydrogen-bond donors (Lipinski definition) is 0. The molecule has 1 amide bonds. The van der Waals surface area contributed by atoms with Gasteiger partial charge in [0.05, 0.1) is 10.6 Å². The lowest BCUT2D eigenvalue weighted by atomic mass is 9.80. The summed E-state index contributed by atoms with van der Waals surface area (Å²) in [4.78, 5) is 14.8. The molecule has 2 heterocycles. The van der Waals surface area contributed by atoms with Gasteiger partial charge in [0.15, 0.2) is 6.30 Å². The summed E-state index contributed by atoms with van der Waals surface area (Å²) >= 11 is 0. The van der Waals surface area contributed by atoms with E-state index in [0.717, 1.165) is 50.5 Å². The van der Waals surface area contributed by atoms with Gasteiger partial charge in [-0.05, 0) is 55.5 Å². The number of anilines is 1. The highest BCUT2D eigenvalue weighted by Crippen LogP contribution is 2.54. The number of para-hydroxylation sites is 1. The highest BCUT2D eigenvalue weighted by molar-refractivity contribution is 7.89. The lowest BCUT2D eigenvalue weighted by Crippen LogP contribution is -2.43. The Morgan fingerprint density at radius 3 is 2.39 bits per heavy atom. The predicted octanol–water partition coefficient (Wildman–Crippen LogP) is 4.63. The van der Waals surface area contributed by atoms with Gasteiger partial charge in [0.25, 0.3) is 5.91 Å². The van der Waals surface area contributed by atoms with Gasteiger partial charge in [-0.25, -0.2) is 12.8 Å². The van der Waals surface area contributed by atoms with Crippen LogP contribution in [0.1, 0.15) is 60.9 Å². The van der Waals surface area contributed by atoms with Gasteiger partial charge in [-0.15, -0.1) is 0 Å². The molecule has 0 bridgehead atoms. The Labute approximate surface area is 182 Å². The van der Waals surface area contributed by atoms with Crippen LogP contribution in [0.3, 0.4) is 0 Å². The van der Waals surface area contributed by atoms with Gasteiger partial charge >= 0.3 is 0 Å². The van der Waals surface area contributed by atoms with Crippen LogP contribution >= 0.6 is 0 Å². The van der Waals surface area contributed by atoms with Crippen LogP contribution in [0.4, 0.5) is 10.1 Å². The minimum Gasteiger partial charge on any atom is -0.276 e. The predicted molar refractivity (Wildman–Crippen MR) is 117 cm³/mol. The number of nitrogens with zero attached hydrogens (tertiary/aromatic N) is 2. The first kappa shape index (κ1) is 20.6. The normalized spacial score (nSPS) is 23.3. The number of halogens is 1. The molecule has 3 aliphatic rings. The van der Waals surface area contributed by atoms with Gasteiger partial charge in [-0.3, -0.25) is 9.69 Å². The number of rotatable bonds is 3. The monoisotopic (exact) mass is 442 g/mol. The second-order valence-corrected chi connectivity index (χ2v) is 10.8. The third-order valence-corrected chi connectivity index (χ3v) is 9.03. The SMILES string of the molecule is O=C(c1cccc(S(=O)(=O)N2CCCCC2)c1)N1c2ccccc2C2(CCCC2)C1F. The van der Waals surface area contributed by atoms with E-state index in [4.69, 9.17) is 0 Å². The molecule has 1 spiro atoms. The average Bonchev–Trinajstić information content (AvgIpc) is 3.39. The maximum Gasteiger partial charge on any atom is 0.260 e. The Morgan fingerprint density at radius 1 is 0.935 bits per heavy atom. The van der Waals surface area contributed by atoms with Crippen molar-refractivity contribution in [3.63, 3.8) is 0 Å². The molecule has 2 aromatic carbocycles. The van der Waals surface area contributed by atoms with Crippen LogP contribution in [0.15, 0.2) is 53.4 Å². The van der Waals surface area contributed by atoms with Crippen LogP contribution in [0.5, 0.6) is 0 Å². The standard InChI is InChI=1S/C24H27FN2O3S/c25-23-24(13-4-5-14-24)20-11-2-3-12-21(20)27(23)22(28)18-9-8-10-19(17-18)31(29,30)26-15-6-1-7-16-26/h2-3,8-12,17,23H,1,4-7,13-16H2. The largest absolute Gasteiger partial charge is 0.276 e. The molecule has 0 N–H and O–H groups in total. The molecule has 5 nitrogen and oxygen atoms in total. The molecule has 7 heteroatoms. The molecule has 2 aromatic rings. The van der Waals surface area contributed by atoms with Crippen molar-refractivity contribution in [1.82, 2.24) is 4.31 Å². The second kappa shape index (κ2) is 7.71. The zero-order chi connectivity index (χ0) is 21.6.